The van der Waals surface area contributed by atoms with E-state index in [0.717, 1.165) is 17.5 Å². The third kappa shape index (κ3) is 2.41. The van der Waals surface area contributed by atoms with Crippen molar-refractivity contribution in [1.82, 2.24) is 0 Å². The molecule has 3 aromatic carbocycles. The summed E-state index contributed by atoms with van der Waals surface area (Å²) in [6.07, 6.45) is 1.21. The van der Waals surface area contributed by atoms with E-state index in [1.165, 1.54) is 6.21 Å². The fourth-order valence-corrected chi connectivity index (χ4v) is 2.13. The lowest BCUT2D eigenvalue weighted by atomic mass is 10.1. The molecular formula is C17H10F3NO. The van der Waals surface area contributed by atoms with Gasteiger partial charge in [-0.25, -0.2) is 13.2 Å². The van der Waals surface area contributed by atoms with Gasteiger partial charge >= 0.3 is 0 Å². The lowest BCUT2D eigenvalue weighted by Crippen LogP contribution is -1.90. The molecule has 0 aliphatic carbocycles. The Morgan fingerprint density at radius 3 is 2.45 bits per heavy atom. The van der Waals surface area contributed by atoms with E-state index in [2.05, 4.69) is 4.99 Å². The van der Waals surface area contributed by atoms with Gasteiger partial charge in [0.05, 0.1) is 0 Å². The molecule has 0 radical (unpaired) electrons. The summed E-state index contributed by atoms with van der Waals surface area (Å²) in [4.78, 5) is 3.78. The molecule has 0 saturated heterocycles. The summed E-state index contributed by atoms with van der Waals surface area (Å²) in [5.74, 6) is -4.22. The van der Waals surface area contributed by atoms with Crippen molar-refractivity contribution in [3.8, 4) is 5.75 Å². The molecule has 0 aliphatic rings. The minimum atomic E-state index is -1.57. The van der Waals surface area contributed by atoms with Gasteiger partial charge in [-0.1, -0.05) is 30.3 Å². The molecule has 3 rings (SSSR count). The highest BCUT2D eigenvalue weighted by molar-refractivity contribution is 5.97. The van der Waals surface area contributed by atoms with Crippen molar-refractivity contribution in [1.29, 1.82) is 0 Å². The van der Waals surface area contributed by atoms with E-state index >= 15 is 0 Å². The summed E-state index contributed by atoms with van der Waals surface area (Å²) in [7, 11) is 0. The number of phenols is 1. The first-order valence-electron chi connectivity index (χ1n) is 6.46. The van der Waals surface area contributed by atoms with Crippen LogP contribution in [-0.4, -0.2) is 11.3 Å². The van der Waals surface area contributed by atoms with Crippen LogP contribution in [-0.2, 0) is 0 Å². The SMILES string of the molecule is Oc1c(C=Nc2ccc(F)c(F)c2F)ccc2ccccc12. The van der Waals surface area contributed by atoms with Crippen LogP contribution in [0.15, 0.2) is 53.5 Å². The molecule has 5 heteroatoms. The summed E-state index contributed by atoms with van der Waals surface area (Å²) >= 11 is 0. The van der Waals surface area contributed by atoms with Crippen molar-refractivity contribution < 1.29 is 18.3 Å². The Bertz CT molecular complexity index is 890. The zero-order valence-corrected chi connectivity index (χ0v) is 11.2. The molecule has 0 aliphatic heterocycles. The van der Waals surface area contributed by atoms with Crippen molar-refractivity contribution in [2.45, 2.75) is 0 Å². The first kappa shape index (κ1) is 14.1. The van der Waals surface area contributed by atoms with Gasteiger partial charge in [-0.15, -0.1) is 0 Å². The molecule has 3 aromatic rings. The Labute approximate surface area is 124 Å². The molecule has 110 valence electrons. The number of nitrogens with zero attached hydrogens (tertiary/aromatic N) is 1. The number of rotatable bonds is 2. The maximum absolute atomic E-state index is 13.5. The molecule has 0 bridgehead atoms. The number of fused-ring (bicyclic) bond motifs is 1. The smallest absolute Gasteiger partial charge is 0.196 e. The van der Waals surface area contributed by atoms with Crippen molar-refractivity contribution >= 4 is 22.7 Å². The van der Waals surface area contributed by atoms with Crippen LogP contribution in [0.1, 0.15) is 5.56 Å². The normalized spacial score (nSPS) is 11.4. The van der Waals surface area contributed by atoms with Crippen LogP contribution in [0.4, 0.5) is 18.9 Å². The lowest BCUT2D eigenvalue weighted by molar-refractivity contribution is 0.448. The molecule has 0 heterocycles. The summed E-state index contributed by atoms with van der Waals surface area (Å²) < 4.78 is 39.5. The van der Waals surface area contributed by atoms with Gasteiger partial charge < -0.3 is 5.11 Å². The maximum Gasteiger partial charge on any atom is 0.196 e. The number of hydrogen-bond donors (Lipinski definition) is 1. The van der Waals surface area contributed by atoms with E-state index in [0.29, 0.717) is 10.9 Å². The lowest BCUT2D eigenvalue weighted by Gasteiger charge is -2.04. The van der Waals surface area contributed by atoms with Crippen molar-refractivity contribution in [3.05, 3.63) is 71.5 Å². The van der Waals surface area contributed by atoms with Crippen LogP contribution >= 0.6 is 0 Å². The number of hydrogen-bond acceptors (Lipinski definition) is 2. The zero-order chi connectivity index (χ0) is 15.7. The fraction of sp³-hybridized carbons (Fsp3) is 0. The standard InChI is InChI=1S/C17H10F3NO/c18-13-7-8-14(16(20)15(13)19)21-9-11-6-5-10-3-1-2-4-12(10)17(11)22/h1-9,22H. The van der Waals surface area contributed by atoms with Gasteiger partial charge in [0.15, 0.2) is 17.5 Å². The average molecular weight is 301 g/mol. The molecule has 0 aromatic heterocycles. The monoisotopic (exact) mass is 301 g/mol. The second kappa shape index (κ2) is 5.52. The Morgan fingerprint density at radius 2 is 1.64 bits per heavy atom. The molecule has 0 spiro atoms. The van der Waals surface area contributed by atoms with E-state index in [4.69, 9.17) is 0 Å². The molecule has 0 amide bonds. The predicted octanol–water partition coefficient (Wildman–Crippen LogP) is 4.71. The minimum absolute atomic E-state index is 0.00941. The number of aromatic hydroxyl groups is 1. The van der Waals surface area contributed by atoms with Crippen LogP contribution in [0.25, 0.3) is 10.8 Å². The number of halogens is 3. The minimum Gasteiger partial charge on any atom is -0.507 e. The number of phenolic OH excluding ortho intramolecular Hbond substituents is 1. The summed E-state index contributed by atoms with van der Waals surface area (Å²) in [6, 6.07) is 12.4. The first-order valence-corrected chi connectivity index (χ1v) is 6.46. The fourth-order valence-electron chi connectivity index (χ4n) is 2.13. The van der Waals surface area contributed by atoms with E-state index < -0.39 is 17.5 Å². The molecule has 0 unspecified atom stereocenters. The van der Waals surface area contributed by atoms with Crippen molar-refractivity contribution in [2.24, 2.45) is 4.99 Å². The summed E-state index contributed by atoms with van der Waals surface area (Å²) in [5.41, 5.74) is 0.00860. The van der Waals surface area contributed by atoms with E-state index in [-0.39, 0.29) is 11.4 Å². The van der Waals surface area contributed by atoms with Gasteiger partial charge in [0.1, 0.15) is 11.4 Å². The number of benzene rings is 3. The van der Waals surface area contributed by atoms with E-state index in [9.17, 15) is 18.3 Å². The van der Waals surface area contributed by atoms with Crippen LogP contribution in [0.3, 0.4) is 0 Å². The second-order valence-corrected chi connectivity index (χ2v) is 4.68. The van der Waals surface area contributed by atoms with Crippen LogP contribution in [0.2, 0.25) is 0 Å². The topological polar surface area (TPSA) is 32.6 Å². The average Bonchev–Trinajstić information content (AvgIpc) is 2.54. The van der Waals surface area contributed by atoms with Gasteiger partial charge in [-0.3, -0.25) is 4.99 Å². The van der Waals surface area contributed by atoms with Gasteiger partial charge in [0.25, 0.3) is 0 Å². The Morgan fingerprint density at radius 1 is 0.864 bits per heavy atom. The van der Waals surface area contributed by atoms with Crippen LogP contribution in [0, 0.1) is 17.5 Å². The molecule has 22 heavy (non-hydrogen) atoms. The Kier molecular flexibility index (Phi) is 3.55. The predicted molar refractivity (Wildman–Crippen MR) is 79.2 cm³/mol. The van der Waals surface area contributed by atoms with Crippen molar-refractivity contribution in [2.75, 3.05) is 0 Å². The van der Waals surface area contributed by atoms with Crippen LogP contribution < -0.4 is 0 Å². The first-order chi connectivity index (χ1) is 10.6. The van der Waals surface area contributed by atoms with Crippen molar-refractivity contribution in [3.63, 3.8) is 0 Å². The number of aliphatic imine (C=N–C) groups is 1. The molecule has 0 saturated carbocycles. The maximum atomic E-state index is 13.5. The third-order valence-corrected chi connectivity index (χ3v) is 3.29. The van der Waals surface area contributed by atoms with Crippen LogP contribution in [0.5, 0.6) is 5.75 Å². The second-order valence-electron chi connectivity index (χ2n) is 4.68. The highest BCUT2D eigenvalue weighted by Crippen LogP contribution is 2.28. The van der Waals surface area contributed by atoms with Gasteiger partial charge in [-0.05, 0) is 23.6 Å². The highest BCUT2D eigenvalue weighted by Gasteiger charge is 2.12. The molecule has 0 fully saturated rings. The highest BCUT2D eigenvalue weighted by atomic mass is 19.2. The zero-order valence-electron chi connectivity index (χ0n) is 11.2. The largest absolute Gasteiger partial charge is 0.507 e. The van der Waals surface area contributed by atoms with E-state index in [1.54, 1.807) is 24.3 Å². The molecule has 2 nitrogen and oxygen atoms in total. The quantitative estimate of drug-likeness (QED) is 0.539. The molecule has 1 N–H and O–H groups in total. The van der Waals surface area contributed by atoms with Gasteiger partial charge in [0.2, 0.25) is 0 Å². The summed E-state index contributed by atoms with van der Waals surface area (Å²) in [5, 5.41) is 11.6. The molecular weight excluding hydrogens is 291 g/mol. The molecule has 0 atom stereocenters. The van der Waals surface area contributed by atoms with E-state index in [1.807, 2.05) is 12.1 Å². The summed E-state index contributed by atoms with van der Waals surface area (Å²) in [6.45, 7) is 0. The Balaban J connectivity index is 2.03. The third-order valence-electron chi connectivity index (χ3n) is 3.29. The van der Waals surface area contributed by atoms with Gasteiger partial charge in [0, 0.05) is 17.2 Å². The van der Waals surface area contributed by atoms with Gasteiger partial charge in [-0.2, -0.15) is 0 Å². The Hall–Kier alpha value is -2.82.